The van der Waals surface area contributed by atoms with Gasteiger partial charge in [0.2, 0.25) is 11.8 Å². The van der Waals surface area contributed by atoms with E-state index in [1.807, 2.05) is 37.3 Å². The Morgan fingerprint density at radius 2 is 1.47 bits per heavy atom. The summed E-state index contributed by atoms with van der Waals surface area (Å²) in [6, 6.07) is 28.6. The Bertz CT molecular complexity index is 1620. The number of nitrogens with zero attached hydrogens (tertiary/aromatic N) is 2. The van der Waals surface area contributed by atoms with Crippen LogP contribution in [0.1, 0.15) is 24.5 Å². The monoisotopic (exact) mass is 665 g/mol. The van der Waals surface area contributed by atoms with Crippen LogP contribution in [0.4, 0.5) is 10.1 Å². The highest BCUT2D eigenvalue weighted by atomic mass is 79.9. The largest absolute Gasteiger partial charge is 0.354 e. The van der Waals surface area contributed by atoms with E-state index in [4.69, 9.17) is 0 Å². The Labute approximate surface area is 260 Å². The molecule has 0 bridgehead atoms. The van der Waals surface area contributed by atoms with Gasteiger partial charge in [0.15, 0.2) is 0 Å². The minimum Gasteiger partial charge on any atom is -0.354 e. The summed E-state index contributed by atoms with van der Waals surface area (Å²) >= 11 is 3.37. The third kappa shape index (κ3) is 8.30. The molecule has 224 valence electrons. The molecule has 0 fully saturated rings. The van der Waals surface area contributed by atoms with Gasteiger partial charge in [-0.05, 0) is 54.4 Å². The highest BCUT2D eigenvalue weighted by Crippen LogP contribution is 2.26. The van der Waals surface area contributed by atoms with Crippen molar-refractivity contribution in [2.24, 2.45) is 0 Å². The maximum Gasteiger partial charge on any atom is 0.264 e. The molecule has 1 unspecified atom stereocenters. The van der Waals surface area contributed by atoms with Crippen LogP contribution in [0.25, 0.3) is 0 Å². The lowest BCUT2D eigenvalue weighted by molar-refractivity contribution is -0.140. The summed E-state index contributed by atoms with van der Waals surface area (Å²) in [7, 11) is -4.20. The van der Waals surface area contributed by atoms with Gasteiger partial charge in [0.1, 0.15) is 18.4 Å². The Kier molecular flexibility index (Phi) is 11.1. The van der Waals surface area contributed by atoms with E-state index in [1.54, 1.807) is 60.7 Å². The summed E-state index contributed by atoms with van der Waals surface area (Å²) in [6.45, 7) is 1.46. The van der Waals surface area contributed by atoms with Crippen molar-refractivity contribution in [1.29, 1.82) is 0 Å². The first-order valence-electron chi connectivity index (χ1n) is 13.9. The van der Waals surface area contributed by atoms with Gasteiger partial charge in [-0.1, -0.05) is 89.6 Å². The molecule has 10 heteroatoms. The van der Waals surface area contributed by atoms with Crippen LogP contribution in [0.2, 0.25) is 0 Å². The second-order valence-electron chi connectivity index (χ2n) is 9.91. The molecule has 0 aliphatic rings. The number of carbonyl (C=O) groups excluding carboxylic acids is 2. The Hall–Kier alpha value is -4.02. The van der Waals surface area contributed by atoms with Crippen molar-refractivity contribution in [2.45, 2.75) is 37.2 Å². The summed E-state index contributed by atoms with van der Waals surface area (Å²) in [4.78, 5) is 29.2. The standard InChI is InChI=1S/C33H33BrFN3O4S/c1-2-21-36-33(40)31(22-25-11-5-3-6-12-25)37(23-26-13-9-10-16-30(26)35)32(39)24-38(28-19-17-27(34)18-20-28)43(41,42)29-14-7-4-8-15-29/h3-20,31H,2,21-24H2,1H3,(H,36,40). The molecule has 1 N–H and O–H groups in total. The lowest BCUT2D eigenvalue weighted by atomic mass is 10.0. The van der Waals surface area contributed by atoms with Gasteiger partial charge in [0.05, 0.1) is 10.6 Å². The lowest BCUT2D eigenvalue weighted by Crippen LogP contribution is -2.53. The van der Waals surface area contributed by atoms with Gasteiger partial charge in [0.25, 0.3) is 10.0 Å². The van der Waals surface area contributed by atoms with Crippen LogP contribution < -0.4 is 9.62 Å². The number of hydrogen-bond acceptors (Lipinski definition) is 4. The van der Waals surface area contributed by atoms with E-state index in [-0.39, 0.29) is 29.1 Å². The summed E-state index contributed by atoms with van der Waals surface area (Å²) in [5.74, 6) is -1.59. The summed E-state index contributed by atoms with van der Waals surface area (Å²) in [5.41, 5.74) is 1.27. The molecule has 2 amide bonds. The second kappa shape index (κ2) is 14.9. The zero-order valence-corrected chi connectivity index (χ0v) is 26.1. The van der Waals surface area contributed by atoms with E-state index >= 15 is 0 Å². The topological polar surface area (TPSA) is 86.8 Å². The lowest BCUT2D eigenvalue weighted by Gasteiger charge is -2.34. The molecule has 0 radical (unpaired) electrons. The number of halogens is 2. The van der Waals surface area contributed by atoms with Gasteiger partial charge in [0, 0.05) is 29.5 Å². The predicted molar refractivity (Wildman–Crippen MR) is 169 cm³/mol. The van der Waals surface area contributed by atoms with Crippen LogP contribution in [0.15, 0.2) is 119 Å². The van der Waals surface area contributed by atoms with Crippen molar-refractivity contribution in [2.75, 3.05) is 17.4 Å². The minimum atomic E-state index is -4.20. The zero-order chi connectivity index (χ0) is 30.8. The van der Waals surface area contributed by atoms with Gasteiger partial charge in [-0.25, -0.2) is 12.8 Å². The van der Waals surface area contributed by atoms with Crippen molar-refractivity contribution in [3.63, 3.8) is 0 Å². The average molecular weight is 667 g/mol. The maximum absolute atomic E-state index is 14.9. The molecule has 1 atom stereocenters. The van der Waals surface area contributed by atoms with Crippen molar-refractivity contribution < 1.29 is 22.4 Å². The van der Waals surface area contributed by atoms with Crippen molar-refractivity contribution in [3.05, 3.63) is 131 Å². The molecule has 4 rings (SSSR count). The molecule has 4 aromatic rings. The Morgan fingerprint density at radius 3 is 2.09 bits per heavy atom. The minimum absolute atomic E-state index is 0.00731. The number of sulfonamides is 1. The summed E-state index contributed by atoms with van der Waals surface area (Å²) in [5, 5.41) is 2.87. The molecule has 0 aromatic heterocycles. The molecule has 0 saturated carbocycles. The number of hydrogen-bond donors (Lipinski definition) is 1. The van der Waals surface area contributed by atoms with Gasteiger partial charge < -0.3 is 10.2 Å². The Morgan fingerprint density at radius 1 is 0.860 bits per heavy atom. The molecule has 0 heterocycles. The predicted octanol–water partition coefficient (Wildman–Crippen LogP) is 5.95. The summed E-state index contributed by atoms with van der Waals surface area (Å²) < 4.78 is 44.5. The fourth-order valence-electron chi connectivity index (χ4n) is 4.59. The van der Waals surface area contributed by atoms with Gasteiger partial charge in [-0.15, -0.1) is 0 Å². The second-order valence-corrected chi connectivity index (χ2v) is 12.7. The van der Waals surface area contributed by atoms with E-state index in [0.717, 1.165) is 14.3 Å². The third-order valence-corrected chi connectivity index (χ3v) is 9.16. The van der Waals surface area contributed by atoms with Crippen molar-refractivity contribution in [1.82, 2.24) is 10.2 Å². The molecule has 0 spiro atoms. The zero-order valence-electron chi connectivity index (χ0n) is 23.7. The van der Waals surface area contributed by atoms with E-state index < -0.39 is 40.2 Å². The first-order valence-corrected chi connectivity index (χ1v) is 16.1. The fraction of sp³-hybridized carbons (Fsp3) is 0.212. The Balaban J connectivity index is 1.79. The van der Waals surface area contributed by atoms with Crippen LogP contribution in [0.5, 0.6) is 0 Å². The molecule has 0 aliphatic heterocycles. The van der Waals surface area contributed by atoms with E-state index in [2.05, 4.69) is 21.2 Å². The number of amides is 2. The SMILES string of the molecule is CCCNC(=O)C(Cc1ccccc1)N(Cc1ccccc1F)C(=O)CN(c1ccc(Br)cc1)S(=O)(=O)c1ccccc1. The quantitative estimate of drug-likeness (QED) is 0.191. The van der Waals surface area contributed by atoms with Crippen molar-refractivity contribution >= 4 is 43.5 Å². The first kappa shape index (κ1) is 31.9. The highest BCUT2D eigenvalue weighted by molar-refractivity contribution is 9.10. The third-order valence-electron chi connectivity index (χ3n) is 6.84. The molecular formula is C33H33BrFN3O4S. The van der Waals surface area contributed by atoms with E-state index in [1.165, 1.54) is 23.1 Å². The van der Waals surface area contributed by atoms with Gasteiger partial charge in [-0.2, -0.15) is 0 Å². The molecule has 7 nitrogen and oxygen atoms in total. The van der Waals surface area contributed by atoms with E-state index in [0.29, 0.717) is 13.0 Å². The highest BCUT2D eigenvalue weighted by Gasteiger charge is 2.34. The number of benzene rings is 4. The van der Waals surface area contributed by atoms with Crippen molar-refractivity contribution in [3.8, 4) is 0 Å². The maximum atomic E-state index is 14.9. The summed E-state index contributed by atoms with van der Waals surface area (Å²) in [6.07, 6.45) is 0.831. The van der Waals surface area contributed by atoms with Gasteiger partial charge in [-0.3, -0.25) is 13.9 Å². The normalized spacial score (nSPS) is 11.9. The average Bonchev–Trinajstić information content (AvgIpc) is 3.02. The smallest absolute Gasteiger partial charge is 0.264 e. The fourth-order valence-corrected chi connectivity index (χ4v) is 6.29. The van der Waals surface area contributed by atoms with E-state index in [9.17, 15) is 22.4 Å². The molecule has 0 aliphatic carbocycles. The number of rotatable bonds is 13. The van der Waals surface area contributed by atoms with Crippen LogP contribution >= 0.6 is 15.9 Å². The van der Waals surface area contributed by atoms with Crippen LogP contribution in [-0.4, -0.2) is 44.3 Å². The number of carbonyl (C=O) groups is 2. The van der Waals surface area contributed by atoms with Crippen LogP contribution in [-0.2, 0) is 32.6 Å². The molecular weight excluding hydrogens is 633 g/mol. The molecule has 43 heavy (non-hydrogen) atoms. The van der Waals surface area contributed by atoms with Crippen LogP contribution in [0, 0.1) is 5.82 Å². The first-order chi connectivity index (χ1) is 20.7. The number of anilines is 1. The van der Waals surface area contributed by atoms with Crippen LogP contribution in [0.3, 0.4) is 0 Å². The molecule has 4 aromatic carbocycles. The van der Waals surface area contributed by atoms with Gasteiger partial charge >= 0.3 is 0 Å². The number of nitrogens with one attached hydrogen (secondary N) is 1. The molecule has 0 saturated heterocycles.